The average Bonchev–Trinajstić information content (AvgIpc) is 2.14. The third kappa shape index (κ3) is 17.3. The van der Waals surface area contributed by atoms with Crippen LogP contribution in [0, 0.1) is 11.8 Å². The highest BCUT2D eigenvalue weighted by molar-refractivity contribution is 8.51. The van der Waals surface area contributed by atoms with Crippen molar-refractivity contribution in [2.75, 3.05) is 19.8 Å². The van der Waals surface area contributed by atoms with E-state index in [1.54, 1.807) is 0 Å². The second-order valence-corrected chi connectivity index (χ2v) is 9.31. The minimum absolute atomic E-state index is 0.452. The molecule has 0 unspecified atom stereocenters. The molecule has 0 bridgehead atoms. The van der Waals surface area contributed by atoms with E-state index < -0.39 is 5.69 Å². The summed E-state index contributed by atoms with van der Waals surface area (Å²) in [6.07, 6.45) is 0. The zero-order valence-corrected chi connectivity index (χ0v) is 13.6. The SMILES string of the molecule is CC(C)COP(=S)([S-])OCC(C)C.CC[NH3+]. The molecule has 0 fully saturated rings. The Morgan fingerprint density at radius 1 is 1.12 bits per heavy atom. The van der Waals surface area contributed by atoms with Crippen molar-refractivity contribution in [1.82, 2.24) is 0 Å². The molecular formula is C10H26NO2PS2. The summed E-state index contributed by atoms with van der Waals surface area (Å²) in [7, 11) is 0. The summed E-state index contributed by atoms with van der Waals surface area (Å²) >= 11 is 10.1. The van der Waals surface area contributed by atoms with Crippen LogP contribution in [0.1, 0.15) is 34.6 Å². The van der Waals surface area contributed by atoms with Crippen LogP contribution in [0.25, 0.3) is 0 Å². The summed E-state index contributed by atoms with van der Waals surface area (Å²) in [5, 5.41) is 0. The van der Waals surface area contributed by atoms with E-state index >= 15 is 0 Å². The van der Waals surface area contributed by atoms with Gasteiger partial charge in [-0.3, -0.25) is 0 Å². The monoisotopic (exact) mass is 287 g/mol. The highest BCUT2D eigenvalue weighted by Crippen LogP contribution is 2.46. The largest absolute Gasteiger partial charge is 0.691 e. The summed E-state index contributed by atoms with van der Waals surface area (Å²) in [6.45, 7) is 12.5. The molecule has 0 radical (unpaired) electrons. The lowest BCUT2D eigenvalue weighted by molar-refractivity contribution is -0.361. The minimum Gasteiger partial charge on any atom is -0.691 e. The fourth-order valence-corrected chi connectivity index (χ4v) is 2.28. The maximum absolute atomic E-state index is 5.36. The summed E-state index contributed by atoms with van der Waals surface area (Å²) in [6, 6.07) is 0. The lowest BCUT2D eigenvalue weighted by Crippen LogP contribution is -2.48. The summed E-state index contributed by atoms with van der Waals surface area (Å²) in [5.41, 5.74) is 1.10. The molecule has 0 saturated carbocycles. The Labute approximate surface area is 111 Å². The molecule has 0 aliphatic rings. The third-order valence-corrected chi connectivity index (χ3v) is 3.33. The van der Waals surface area contributed by atoms with E-state index in [4.69, 9.17) is 33.1 Å². The second kappa shape index (κ2) is 11.0. The van der Waals surface area contributed by atoms with Crippen LogP contribution >= 0.6 is 5.69 Å². The first-order valence-electron chi connectivity index (χ1n) is 5.64. The van der Waals surface area contributed by atoms with E-state index in [1.807, 2.05) is 6.92 Å². The molecule has 0 aliphatic heterocycles. The molecule has 0 aromatic heterocycles. The van der Waals surface area contributed by atoms with Gasteiger partial charge in [0, 0.05) is 0 Å². The second-order valence-electron chi connectivity index (χ2n) is 4.33. The predicted octanol–water partition coefficient (Wildman–Crippen LogP) is 2.35. The molecule has 3 N–H and O–H groups in total. The van der Waals surface area contributed by atoms with Crippen molar-refractivity contribution in [2.45, 2.75) is 34.6 Å². The molecule has 16 heavy (non-hydrogen) atoms. The summed E-state index contributed by atoms with van der Waals surface area (Å²) < 4.78 is 10.7. The van der Waals surface area contributed by atoms with Crippen LogP contribution in [0.4, 0.5) is 0 Å². The van der Waals surface area contributed by atoms with Crippen LogP contribution in [0.2, 0.25) is 0 Å². The molecule has 3 nitrogen and oxygen atoms in total. The summed E-state index contributed by atoms with van der Waals surface area (Å²) in [4.78, 5) is 0. The van der Waals surface area contributed by atoms with Gasteiger partial charge in [0.2, 0.25) is 0 Å². The van der Waals surface area contributed by atoms with Gasteiger partial charge in [0.05, 0.1) is 25.5 Å². The van der Waals surface area contributed by atoms with Crippen molar-refractivity contribution in [1.29, 1.82) is 0 Å². The van der Waals surface area contributed by atoms with Gasteiger partial charge in [0.25, 0.3) is 0 Å². The standard InChI is InChI=1S/C8H19O2PS2.C2H7N/c1-7(2)5-9-11(12,13)10-6-8(3)4;1-2-3/h7-8H,5-6H2,1-4H3,(H,12,13);2-3H2,1H3. The van der Waals surface area contributed by atoms with Crippen molar-refractivity contribution in [3.8, 4) is 0 Å². The molecule has 100 valence electrons. The normalized spacial score (nSPS) is 11.6. The van der Waals surface area contributed by atoms with E-state index in [0.29, 0.717) is 25.0 Å². The molecule has 0 heterocycles. The van der Waals surface area contributed by atoms with Gasteiger partial charge in [0.15, 0.2) is 0 Å². The van der Waals surface area contributed by atoms with Crippen LogP contribution in [-0.4, -0.2) is 19.8 Å². The summed E-state index contributed by atoms with van der Waals surface area (Å²) in [5.74, 6) is 0.904. The van der Waals surface area contributed by atoms with Crippen LogP contribution in [-0.2, 0) is 33.1 Å². The molecule has 0 rings (SSSR count). The first kappa shape index (κ1) is 19.2. The Balaban J connectivity index is 0. The number of hydrogen-bond donors (Lipinski definition) is 1. The average molecular weight is 287 g/mol. The smallest absolute Gasteiger partial charge is 0.0711 e. The Bertz CT molecular complexity index is 185. The van der Waals surface area contributed by atoms with Gasteiger partial charge in [-0.25, -0.2) is 0 Å². The quantitative estimate of drug-likeness (QED) is 0.602. The minimum atomic E-state index is -2.38. The van der Waals surface area contributed by atoms with Crippen molar-refractivity contribution >= 4 is 29.7 Å². The zero-order valence-electron chi connectivity index (χ0n) is 11.1. The van der Waals surface area contributed by atoms with Gasteiger partial charge in [0.1, 0.15) is 0 Å². The third-order valence-electron chi connectivity index (χ3n) is 1.13. The van der Waals surface area contributed by atoms with Crippen molar-refractivity contribution in [3.63, 3.8) is 0 Å². The van der Waals surface area contributed by atoms with Crippen LogP contribution in [0.3, 0.4) is 0 Å². The van der Waals surface area contributed by atoms with Gasteiger partial charge in [-0.05, 0) is 18.8 Å². The van der Waals surface area contributed by atoms with E-state index in [1.165, 1.54) is 0 Å². The molecular weight excluding hydrogens is 261 g/mol. The number of quaternary nitrogens is 1. The van der Waals surface area contributed by atoms with Gasteiger partial charge in [-0.2, -0.15) is 0 Å². The first-order valence-corrected chi connectivity index (χ1v) is 9.29. The highest BCUT2D eigenvalue weighted by atomic mass is 32.9. The lowest BCUT2D eigenvalue weighted by atomic mass is 10.2. The highest BCUT2D eigenvalue weighted by Gasteiger charge is 2.04. The van der Waals surface area contributed by atoms with Gasteiger partial charge < -0.3 is 27.0 Å². The molecule has 0 saturated heterocycles. The Kier molecular flexibility index (Phi) is 13.2. The van der Waals surface area contributed by atoms with E-state index in [-0.39, 0.29) is 0 Å². The van der Waals surface area contributed by atoms with Crippen molar-refractivity contribution in [2.24, 2.45) is 11.8 Å². The topological polar surface area (TPSA) is 46.1 Å². The predicted molar refractivity (Wildman–Crippen MR) is 76.7 cm³/mol. The van der Waals surface area contributed by atoms with E-state index in [9.17, 15) is 0 Å². The zero-order chi connectivity index (χ0) is 13.2. The molecule has 0 aliphatic carbocycles. The van der Waals surface area contributed by atoms with Crippen LogP contribution in [0.5, 0.6) is 0 Å². The van der Waals surface area contributed by atoms with Crippen LogP contribution in [0.15, 0.2) is 0 Å². The first-order chi connectivity index (χ1) is 7.25. The molecule has 6 heteroatoms. The van der Waals surface area contributed by atoms with Gasteiger partial charge in [-0.1, -0.05) is 39.5 Å². The Morgan fingerprint density at radius 3 is 1.56 bits per heavy atom. The Hall–Kier alpha value is 0.880. The molecule has 0 amide bonds. The maximum atomic E-state index is 5.36. The Morgan fingerprint density at radius 2 is 1.38 bits per heavy atom. The van der Waals surface area contributed by atoms with E-state index in [0.717, 1.165) is 6.54 Å². The van der Waals surface area contributed by atoms with Crippen molar-refractivity contribution < 1.29 is 14.8 Å². The van der Waals surface area contributed by atoms with Gasteiger partial charge >= 0.3 is 0 Å². The van der Waals surface area contributed by atoms with E-state index in [2.05, 4.69) is 33.4 Å². The number of rotatable bonds is 6. The van der Waals surface area contributed by atoms with Gasteiger partial charge in [-0.15, -0.1) is 0 Å². The maximum Gasteiger partial charge on any atom is 0.0711 e. The van der Waals surface area contributed by atoms with Crippen LogP contribution < -0.4 is 5.73 Å². The molecule has 0 atom stereocenters. The van der Waals surface area contributed by atoms with Crippen molar-refractivity contribution in [3.05, 3.63) is 0 Å². The fraction of sp³-hybridized carbons (Fsp3) is 1.00. The fourth-order valence-electron chi connectivity index (χ4n) is 0.518. The lowest BCUT2D eigenvalue weighted by Gasteiger charge is -2.29. The number of hydrogen-bond acceptors (Lipinski definition) is 4. The molecule has 0 spiro atoms. The molecule has 0 aromatic rings. The molecule has 0 aromatic carbocycles.